The van der Waals surface area contributed by atoms with E-state index >= 15 is 0 Å². The number of guanidine groups is 1. The number of nitrogens with one attached hydrogen (secondary N) is 2. The van der Waals surface area contributed by atoms with Gasteiger partial charge in [-0.1, -0.05) is 34.1 Å². The van der Waals surface area contributed by atoms with E-state index in [2.05, 4.69) is 74.6 Å². The van der Waals surface area contributed by atoms with Gasteiger partial charge in [0.2, 0.25) is 0 Å². The van der Waals surface area contributed by atoms with Crippen LogP contribution in [0.2, 0.25) is 0 Å². The van der Waals surface area contributed by atoms with Crippen molar-refractivity contribution >= 4 is 21.9 Å². The normalized spacial score (nSPS) is 20.7. The molecule has 0 amide bonds. The van der Waals surface area contributed by atoms with Crippen molar-refractivity contribution in [2.24, 2.45) is 4.99 Å². The van der Waals surface area contributed by atoms with Crippen LogP contribution >= 0.6 is 15.9 Å². The summed E-state index contributed by atoms with van der Waals surface area (Å²) in [4.78, 5) is 6.91. The van der Waals surface area contributed by atoms with Gasteiger partial charge in [0.15, 0.2) is 5.96 Å². The Morgan fingerprint density at radius 2 is 1.92 bits per heavy atom. The Kier molecular flexibility index (Phi) is 6.25. The summed E-state index contributed by atoms with van der Waals surface area (Å²) in [5.41, 5.74) is 1.70. The summed E-state index contributed by atoms with van der Waals surface area (Å²) in [6, 6.07) is 8.56. The predicted molar refractivity (Wildman–Crippen MR) is 111 cm³/mol. The van der Waals surface area contributed by atoms with Crippen molar-refractivity contribution in [3.05, 3.63) is 34.3 Å². The number of ether oxygens (including phenoxy) is 1. The molecule has 1 aliphatic carbocycles. The number of morpholine rings is 1. The highest BCUT2D eigenvalue weighted by atomic mass is 79.9. The molecule has 144 valence electrons. The molecule has 2 aliphatic rings. The monoisotopic (exact) mass is 422 g/mol. The molecular weight excluding hydrogens is 392 g/mol. The third kappa shape index (κ3) is 4.59. The first-order valence-electron chi connectivity index (χ1n) is 9.49. The second kappa shape index (κ2) is 8.28. The smallest absolute Gasteiger partial charge is 0.191 e. The fourth-order valence-corrected chi connectivity index (χ4v) is 4.34. The van der Waals surface area contributed by atoms with Crippen LogP contribution in [-0.4, -0.2) is 62.8 Å². The molecule has 0 unspecified atom stereocenters. The van der Waals surface area contributed by atoms with E-state index in [1.54, 1.807) is 0 Å². The van der Waals surface area contributed by atoms with Crippen LogP contribution in [0.5, 0.6) is 0 Å². The zero-order valence-corrected chi connectivity index (χ0v) is 17.7. The molecule has 5 nitrogen and oxygen atoms in total. The minimum absolute atomic E-state index is 0.0706. The Balaban J connectivity index is 1.53. The average molecular weight is 423 g/mol. The van der Waals surface area contributed by atoms with Gasteiger partial charge >= 0.3 is 0 Å². The molecule has 0 bridgehead atoms. The SMILES string of the molecule is CN=C(NCC1(c2ccccc2Br)CC1)NCC(C)(C)N1CCOCC1. The van der Waals surface area contributed by atoms with Gasteiger partial charge in [0, 0.05) is 48.7 Å². The maximum atomic E-state index is 5.47. The molecule has 1 saturated carbocycles. The second-order valence-corrected chi connectivity index (χ2v) is 8.81. The van der Waals surface area contributed by atoms with Gasteiger partial charge < -0.3 is 15.4 Å². The molecule has 2 fully saturated rings. The zero-order valence-electron chi connectivity index (χ0n) is 16.1. The van der Waals surface area contributed by atoms with Gasteiger partial charge in [0.05, 0.1) is 13.2 Å². The second-order valence-electron chi connectivity index (χ2n) is 7.95. The molecule has 6 heteroatoms. The first-order valence-corrected chi connectivity index (χ1v) is 10.3. The van der Waals surface area contributed by atoms with Gasteiger partial charge in [0.25, 0.3) is 0 Å². The van der Waals surface area contributed by atoms with Gasteiger partial charge in [-0.05, 0) is 38.3 Å². The molecule has 0 atom stereocenters. The van der Waals surface area contributed by atoms with Crippen molar-refractivity contribution < 1.29 is 4.74 Å². The van der Waals surface area contributed by atoms with E-state index in [0.717, 1.165) is 45.4 Å². The maximum absolute atomic E-state index is 5.47. The molecule has 2 N–H and O–H groups in total. The molecule has 0 spiro atoms. The van der Waals surface area contributed by atoms with E-state index in [1.807, 2.05) is 7.05 Å². The number of halogens is 1. The number of nitrogens with zero attached hydrogens (tertiary/aromatic N) is 2. The summed E-state index contributed by atoms with van der Waals surface area (Å²) in [7, 11) is 1.84. The van der Waals surface area contributed by atoms with Crippen LogP contribution < -0.4 is 10.6 Å². The fraction of sp³-hybridized carbons (Fsp3) is 0.650. The molecule has 0 radical (unpaired) electrons. The van der Waals surface area contributed by atoms with Crippen LogP contribution in [0.1, 0.15) is 32.3 Å². The van der Waals surface area contributed by atoms with Crippen LogP contribution in [0.4, 0.5) is 0 Å². The van der Waals surface area contributed by atoms with Crippen molar-refractivity contribution in [1.82, 2.24) is 15.5 Å². The molecule has 26 heavy (non-hydrogen) atoms. The maximum Gasteiger partial charge on any atom is 0.191 e. The summed E-state index contributed by atoms with van der Waals surface area (Å²) in [5, 5.41) is 7.07. The largest absolute Gasteiger partial charge is 0.379 e. The Labute approximate surface area is 165 Å². The molecule has 1 aliphatic heterocycles. The van der Waals surface area contributed by atoms with E-state index in [9.17, 15) is 0 Å². The minimum atomic E-state index is 0.0706. The molecule has 1 aromatic rings. The van der Waals surface area contributed by atoms with Gasteiger partial charge in [0.1, 0.15) is 0 Å². The summed E-state index contributed by atoms with van der Waals surface area (Å²) in [5.74, 6) is 0.879. The number of benzene rings is 1. The predicted octanol–water partition coefficient (Wildman–Crippen LogP) is 2.76. The molecule has 3 rings (SSSR count). The van der Waals surface area contributed by atoms with Crippen molar-refractivity contribution in [2.75, 3.05) is 46.4 Å². The molecule has 0 aromatic heterocycles. The fourth-order valence-electron chi connectivity index (χ4n) is 3.64. The lowest BCUT2D eigenvalue weighted by atomic mass is 9.96. The van der Waals surface area contributed by atoms with Crippen LogP contribution in [0.25, 0.3) is 0 Å². The highest BCUT2D eigenvalue weighted by Crippen LogP contribution is 2.49. The van der Waals surface area contributed by atoms with Gasteiger partial charge in [-0.3, -0.25) is 9.89 Å². The van der Waals surface area contributed by atoms with Crippen molar-refractivity contribution in [3.63, 3.8) is 0 Å². The lowest BCUT2D eigenvalue weighted by Crippen LogP contribution is -2.56. The highest BCUT2D eigenvalue weighted by Gasteiger charge is 2.45. The van der Waals surface area contributed by atoms with E-state index in [0.29, 0.717) is 0 Å². The van der Waals surface area contributed by atoms with Crippen LogP contribution in [0.15, 0.2) is 33.7 Å². The first kappa shape index (κ1) is 19.6. The van der Waals surface area contributed by atoms with E-state index < -0.39 is 0 Å². The van der Waals surface area contributed by atoms with Crippen LogP contribution in [0.3, 0.4) is 0 Å². The van der Waals surface area contributed by atoms with Crippen LogP contribution in [0, 0.1) is 0 Å². The molecule has 1 aromatic carbocycles. The number of aliphatic imine (C=N–C) groups is 1. The van der Waals surface area contributed by atoms with Gasteiger partial charge in [-0.15, -0.1) is 0 Å². The Hall–Kier alpha value is -1.11. The Morgan fingerprint density at radius 3 is 2.54 bits per heavy atom. The quantitative estimate of drug-likeness (QED) is 0.546. The number of hydrogen-bond acceptors (Lipinski definition) is 3. The minimum Gasteiger partial charge on any atom is -0.379 e. The number of rotatable bonds is 6. The van der Waals surface area contributed by atoms with Crippen molar-refractivity contribution in [3.8, 4) is 0 Å². The van der Waals surface area contributed by atoms with Crippen molar-refractivity contribution in [2.45, 2.75) is 37.6 Å². The summed E-state index contributed by atoms with van der Waals surface area (Å²) >= 11 is 3.71. The zero-order chi connectivity index (χ0) is 18.6. The Morgan fingerprint density at radius 1 is 1.23 bits per heavy atom. The lowest BCUT2D eigenvalue weighted by Gasteiger charge is -2.41. The highest BCUT2D eigenvalue weighted by molar-refractivity contribution is 9.10. The molecule has 1 saturated heterocycles. The molecule has 1 heterocycles. The topological polar surface area (TPSA) is 48.9 Å². The van der Waals surface area contributed by atoms with E-state index in [4.69, 9.17) is 4.74 Å². The van der Waals surface area contributed by atoms with E-state index in [1.165, 1.54) is 22.9 Å². The van der Waals surface area contributed by atoms with Crippen LogP contribution in [-0.2, 0) is 10.2 Å². The third-order valence-electron chi connectivity index (χ3n) is 5.67. The standard InChI is InChI=1S/C20H31BrN4O/c1-19(2,25-10-12-26-13-11-25)14-23-18(22-3)24-15-20(8-9-20)16-6-4-5-7-17(16)21/h4-7H,8-15H2,1-3H3,(H2,22,23,24). The first-order chi connectivity index (χ1) is 12.5. The molecular formula is C20H31BrN4O. The van der Waals surface area contributed by atoms with Gasteiger partial charge in [-0.2, -0.15) is 0 Å². The summed E-state index contributed by atoms with van der Waals surface area (Å²) < 4.78 is 6.68. The van der Waals surface area contributed by atoms with Gasteiger partial charge in [-0.25, -0.2) is 0 Å². The average Bonchev–Trinajstić information content (AvgIpc) is 3.44. The van der Waals surface area contributed by atoms with Crippen molar-refractivity contribution in [1.29, 1.82) is 0 Å². The summed E-state index contributed by atoms with van der Waals surface area (Å²) in [6.07, 6.45) is 2.44. The van der Waals surface area contributed by atoms with E-state index in [-0.39, 0.29) is 11.0 Å². The number of hydrogen-bond donors (Lipinski definition) is 2. The third-order valence-corrected chi connectivity index (χ3v) is 6.36. The Bertz CT molecular complexity index is 636. The summed E-state index contributed by atoms with van der Waals surface area (Å²) in [6.45, 7) is 9.96. The lowest BCUT2D eigenvalue weighted by molar-refractivity contribution is -0.00834.